The summed E-state index contributed by atoms with van der Waals surface area (Å²) in [6.07, 6.45) is 9.47. The maximum absolute atomic E-state index is 12.7. The standard InChI is InChI=1S/C18H27N3O2/c1-13-11-19-21(12-13)17-7-9-20(10-8-17)18(23)16-5-3-15(4-6-16)14(2)22/h11-12,15-17H,3-10H2,1-2H3. The molecule has 1 amide bonds. The second kappa shape index (κ2) is 6.85. The Bertz CT molecular complexity index is 565. The van der Waals surface area contributed by atoms with Crippen LogP contribution in [0.3, 0.4) is 0 Å². The molecule has 0 aromatic carbocycles. The Morgan fingerprint density at radius 2 is 1.65 bits per heavy atom. The molecule has 1 aromatic heterocycles. The Balaban J connectivity index is 1.50. The molecule has 1 saturated carbocycles. The largest absolute Gasteiger partial charge is 0.342 e. The predicted octanol–water partition coefficient (Wildman–Crippen LogP) is 2.75. The minimum atomic E-state index is 0.133. The van der Waals surface area contributed by atoms with Crippen LogP contribution in [0, 0.1) is 18.8 Å². The number of amides is 1. The van der Waals surface area contributed by atoms with E-state index in [4.69, 9.17) is 0 Å². The van der Waals surface area contributed by atoms with E-state index in [1.165, 1.54) is 5.56 Å². The summed E-state index contributed by atoms with van der Waals surface area (Å²) in [6.45, 7) is 5.39. The van der Waals surface area contributed by atoms with Gasteiger partial charge in [0.2, 0.25) is 5.91 Å². The third-order valence-corrected chi connectivity index (χ3v) is 5.53. The van der Waals surface area contributed by atoms with E-state index in [0.717, 1.165) is 51.6 Å². The van der Waals surface area contributed by atoms with Gasteiger partial charge < -0.3 is 4.90 Å². The van der Waals surface area contributed by atoms with Crippen LogP contribution in [0.25, 0.3) is 0 Å². The number of aromatic nitrogens is 2. The number of carbonyl (C=O) groups is 2. The molecule has 1 aliphatic heterocycles. The van der Waals surface area contributed by atoms with Crippen LogP contribution in [0.2, 0.25) is 0 Å². The number of hydrogen-bond acceptors (Lipinski definition) is 3. The third kappa shape index (κ3) is 3.65. The van der Waals surface area contributed by atoms with Gasteiger partial charge in [0.05, 0.1) is 12.2 Å². The molecular weight excluding hydrogens is 290 g/mol. The van der Waals surface area contributed by atoms with Gasteiger partial charge in [0, 0.05) is 31.1 Å². The van der Waals surface area contributed by atoms with E-state index in [-0.39, 0.29) is 17.6 Å². The highest BCUT2D eigenvalue weighted by Crippen LogP contribution is 2.32. The highest BCUT2D eigenvalue weighted by molar-refractivity contribution is 5.81. The monoisotopic (exact) mass is 317 g/mol. The average molecular weight is 317 g/mol. The van der Waals surface area contributed by atoms with E-state index in [1.54, 1.807) is 6.92 Å². The number of likely N-dealkylation sites (tertiary alicyclic amines) is 1. The Kier molecular flexibility index (Phi) is 4.83. The van der Waals surface area contributed by atoms with Crippen molar-refractivity contribution in [1.82, 2.24) is 14.7 Å². The second-order valence-electron chi connectivity index (χ2n) is 7.21. The Labute approximate surface area is 138 Å². The van der Waals surface area contributed by atoms with Crippen LogP contribution in [0.5, 0.6) is 0 Å². The molecule has 23 heavy (non-hydrogen) atoms. The maximum Gasteiger partial charge on any atom is 0.225 e. The van der Waals surface area contributed by atoms with E-state index in [2.05, 4.69) is 22.9 Å². The van der Waals surface area contributed by atoms with Crippen LogP contribution in [0.15, 0.2) is 12.4 Å². The van der Waals surface area contributed by atoms with Crippen molar-refractivity contribution in [3.63, 3.8) is 0 Å². The van der Waals surface area contributed by atoms with Gasteiger partial charge in [0.1, 0.15) is 5.78 Å². The molecule has 0 radical (unpaired) electrons. The second-order valence-corrected chi connectivity index (χ2v) is 7.21. The molecule has 2 fully saturated rings. The number of nitrogens with zero attached hydrogens (tertiary/aromatic N) is 3. The number of aryl methyl sites for hydroxylation is 1. The fourth-order valence-electron chi connectivity index (χ4n) is 3.99. The van der Waals surface area contributed by atoms with Gasteiger partial charge in [-0.1, -0.05) is 0 Å². The zero-order valence-corrected chi connectivity index (χ0v) is 14.2. The number of rotatable bonds is 3. The lowest BCUT2D eigenvalue weighted by atomic mass is 9.79. The minimum Gasteiger partial charge on any atom is -0.342 e. The molecule has 0 unspecified atom stereocenters. The third-order valence-electron chi connectivity index (χ3n) is 5.53. The summed E-state index contributed by atoms with van der Waals surface area (Å²) >= 11 is 0. The molecule has 1 aromatic rings. The van der Waals surface area contributed by atoms with Gasteiger partial charge in [-0.05, 0) is 57.9 Å². The van der Waals surface area contributed by atoms with Gasteiger partial charge in [-0.2, -0.15) is 5.10 Å². The lowest BCUT2D eigenvalue weighted by Crippen LogP contribution is -2.43. The van der Waals surface area contributed by atoms with Gasteiger partial charge in [0.15, 0.2) is 0 Å². The van der Waals surface area contributed by atoms with Crippen molar-refractivity contribution in [3.8, 4) is 0 Å². The van der Waals surface area contributed by atoms with Gasteiger partial charge in [-0.15, -0.1) is 0 Å². The van der Waals surface area contributed by atoms with Crippen LogP contribution in [-0.2, 0) is 9.59 Å². The zero-order chi connectivity index (χ0) is 16.4. The van der Waals surface area contributed by atoms with Crippen molar-refractivity contribution in [3.05, 3.63) is 18.0 Å². The van der Waals surface area contributed by atoms with Crippen molar-refractivity contribution in [2.24, 2.45) is 11.8 Å². The molecule has 0 atom stereocenters. The Morgan fingerprint density at radius 3 is 2.17 bits per heavy atom. The highest BCUT2D eigenvalue weighted by atomic mass is 16.2. The molecule has 5 nitrogen and oxygen atoms in total. The maximum atomic E-state index is 12.7. The van der Waals surface area contributed by atoms with Crippen molar-refractivity contribution in [2.45, 2.75) is 58.4 Å². The normalized spacial score (nSPS) is 26.3. The first kappa shape index (κ1) is 16.2. The average Bonchev–Trinajstić information content (AvgIpc) is 3.01. The summed E-state index contributed by atoms with van der Waals surface area (Å²) in [6, 6.07) is 0.418. The summed E-state index contributed by atoms with van der Waals surface area (Å²) in [7, 11) is 0. The molecule has 3 rings (SSSR count). The quantitative estimate of drug-likeness (QED) is 0.861. The molecule has 0 bridgehead atoms. The molecule has 1 saturated heterocycles. The number of piperidine rings is 1. The van der Waals surface area contributed by atoms with Crippen LogP contribution in [0.1, 0.15) is 57.1 Å². The fraction of sp³-hybridized carbons (Fsp3) is 0.722. The van der Waals surface area contributed by atoms with E-state index >= 15 is 0 Å². The highest BCUT2D eigenvalue weighted by Gasteiger charge is 2.32. The SMILES string of the molecule is CC(=O)C1CCC(C(=O)N2CCC(n3cc(C)cn3)CC2)CC1. The van der Waals surface area contributed by atoms with Gasteiger partial charge in [0.25, 0.3) is 0 Å². The summed E-state index contributed by atoms with van der Waals surface area (Å²) in [5.74, 6) is 0.912. The fourth-order valence-corrected chi connectivity index (χ4v) is 3.99. The number of ketones is 1. The number of carbonyl (C=O) groups excluding carboxylic acids is 2. The topological polar surface area (TPSA) is 55.2 Å². The smallest absolute Gasteiger partial charge is 0.225 e. The van der Waals surface area contributed by atoms with Crippen LogP contribution in [0.4, 0.5) is 0 Å². The molecule has 0 spiro atoms. The molecular formula is C18H27N3O2. The van der Waals surface area contributed by atoms with Gasteiger partial charge >= 0.3 is 0 Å². The Hall–Kier alpha value is -1.65. The van der Waals surface area contributed by atoms with E-state index in [0.29, 0.717) is 11.9 Å². The van der Waals surface area contributed by atoms with Gasteiger partial charge in [-0.25, -0.2) is 0 Å². The molecule has 2 aliphatic rings. The van der Waals surface area contributed by atoms with Crippen molar-refractivity contribution in [2.75, 3.05) is 13.1 Å². The van der Waals surface area contributed by atoms with Gasteiger partial charge in [-0.3, -0.25) is 14.3 Å². The predicted molar refractivity (Wildman–Crippen MR) is 87.9 cm³/mol. The number of Topliss-reactive ketones (excluding diaryl/α,β-unsaturated/α-hetero) is 1. The summed E-state index contributed by atoms with van der Waals surface area (Å²) in [4.78, 5) is 26.2. The van der Waals surface area contributed by atoms with E-state index in [9.17, 15) is 9.59 Å². The molecule has 0 N–H and O–H groups in total. The van der Waals surface area contributed by atoms with Crippen molar-refractivity contribution >= 4 is 11.7 Å². The van der Waals surface area contributed by atoms with Crippen LogP contribution in [-0.4, -0.2) is 39.5 Å². The summed E-state index contributed by atoms with van der Waals surface area (Å²) < 4.78 is 2.05. The number of hydrogen-bond donors (Lipinski definition) is 0. The van der Waals surface area contributed by atoms with Crippen molar-refractivity contribution in [1.29, 1.82) is 0 Å². The van der Waals surface area contributed by atoms with Crippen LogP contribution >= 0.6 is 0 Å². The first-order valence-electron chi connectivity index (χ1n) is 8.84. The van der Waals surface area contributed by atoms with Crippen molar-refractivity contribution < 1.29 is 9.59 Å². The van der Waals surface area contributed by atoms with Crippen LogP contribution < -0.4 is 0 Å². The molecule has 2 heterocycles. The molecule has 126 valence electrons. The Morgan fingerprint density at radius 1 is 1.04 bits per heavy atom. The zero-order valence-electron chi connectivity index (χ0n) is 14.2. The first-order valence-corrected chi connectivity index (χ1v) is 8.84. The van der Waals surface area contributed by atoms with E-state index in [1.807, 2.05) is 11.1 Å². The summed E-state index contributed by atoms with van der Waals surface area (Å²) in [5.41, 5.74) is 1.19. The van der Waals surface area contributed by atoms with E-state index < -0.39 is 0 Å². The molecule has 1 aliphatic carbocycles. The lowest BCUT2D eigenvalue weighted by Gasteiger charge is -2.36. The minimum absolute atomic E-state index is 0.133. The summed E-state index contributed by atoms with van der Waals surface area (Å²) in [5, 5.41) is 4.41. The molecule has 5 heteroatoms. The first-order chi connectivity index (χ1) is 11.0. The lowest BCUT2D eigenvalue weighted by molar-refractivity contribution is -0.139.